The third-order valence-corrected chi connectivity index (χ3v) is 7.34. The molecule has 1 N–H and O–H groups in total. The fourth-order valence-corrected chi connectivity index (χ4v) is 5.36. The van der Waals surface area contributed by atoms with Crippen molar-refractivity contribution in [2.75, 3.05) is 42.9 Å². The standard InChI is InChI=1S/C27H38N4O/c1-27(2,3)22-13-11-21(12-14-22)23-8-4-5-9-24(23)31-18-16-30(17-19-31)20-26(32)29-25-10-6-7-15-28-25/h4-10,15,21-22H,11-14,16-20H2,1-3H3,(H,28,29,32). The van der Waals surface area contributed by atoms with Gasteiger partial charge in [-0.25, -0.2) is 4.98 Å². The number of carbonyl (C=O) groups excluding carboxylic acids is 1. The Kier molecular flexibility index (Phi) is 7.14. The van der Waals surface area contributed by atoms with Crippen LogP contribution in [0.1, 0.15) is 57.9 Å². The molecule has 1 aromatic carbocycles. The molecular formula is C27H38N4O. The molecule has 0 unspecified atom stereocenters. The predicted octanol–water partition coefficient (Wildman–Crippen LogP) is 5.16. The lowest BCUT2D eigenvalue weighted by Gasteiger charge is -2.40. The van der Waals surface area contributed by atoms with Crippen LogP contribution in [0.5, 0.6) is 0 Å². The highest BCUT2D eigenvalue weighted by Crippen LogP contribution is 2.45. The summed E-state index contributed by atoms with van der Waals surface area (Å²) in [5.74, 6) is 2.14. The molecule has 1 aliphatic carbocycles. The average molecular weight is 435 g/mol. The Labute approximate surface area is 193 Å². The molecule has 172 valence electrons. The van der Waals surface area contributed by atoms with E-state index in [4.69, 9.17) is 0 Å². The highest BCUT2D eigenvalue weighted by molar-refractivity contribution is 5.91. The lowest BCUT2D eigenvalue weighted by Crippen LogP contribution is -2.49. The maximum atomic E-state index is 12.4. The van der Waals surface area contributed by atoms with Crippen molar-refractivity contribution in [2.45, 2.75) is 52.4 Å². The van der Waals surface area contributed by atoms with Crippen molar-refractivity contribution in [1.82, 2.24) is 9.88 Å². The molecule has 2 heterocycles. The molecule has 4 rings (SSSR count). The minimum Gasteiger partial charge on any atom is -0.369 e. The zero-order valence-corrected chi connectivity index (χ0v) is 19.9. The van der Waals surface area contributed by atoms with E-state index in [-0.39, 0.29) is 5.91 Å². The largest absolute Gasteiger partial charge is 0.369 e. The van der Waals surface area contributed by atoms with Crippen LogP contribution >= 0.6 is 0 Å². The quantitative estimate of drug-likeness (QED) is 0.706. The van der Waals surface area contributed by atoms with Gasteiger partial charge in [-0.05, 0) is 66.7 Å². The monoisotopic (exact) mass is 434 g/mol. The highest BCUT2D eigenvalue weighted by atomic mass is 16.2. The van der Waals surface area contributed by atoms with E-state index in [1.165, 1.54) is 36.9 Å². The van der Waals surface area contributed by atoms with Crippen LogP contribution in [0.2, 0.25) is 0 Å². The minimum absolute atomic E-state index is 0.00755. The van der Waals surface area contributed by atoms with Crippen LogP contribution in [0.3, 0.4) is 0 Å². The summed E-state index contributed by atoms with van der Waals surface area (Å²) in [5, 5.41) is 2.89. The van der Waals surface area contributed by atoms with Crippen molar-refractivity contribution < 1.29 is 4.79 Å². The molecule has 2 aliphatic rings. The summed E-state index contributed by atoms with van der Waals surface area (Å²) < 4.78 is 0. The second-order valence-corrected chi connectivity index (χ2v) is 10.5. The molecule has 1 saturated heterocycles. The van der Waals surface area contributed by atoms with Crippen molar-refractivity contribution in [3.63, 3.8) is 0 Å². The average Bonchev–Trinajstić information content (AvgIpc) is 2.80. The Hall–Kier alpha value is -2.40. The summed E-state index contributed by atoms with van der Waals surface area (Å²) in [6.45, 7) is 11.3. The molecule has 5 heteroatoms. The summed E-state index contributed by atoms with van der Waals surface area (Å²) in [4.78, 5) is 21.3. The van der Waals surface area contributed by atoms with Crippen LogP contribution in [-0.4, -0.2) is 48.5 Å². The lowest BCUT2D eigenvalue weighted by atomic mass is 9.68. The topological polar surface area (TPSA) is 48.5 Å². The number of carbonyl (C=O) groups is 1. The number of benzene rings is 1. The smallest absolute Gasteiger partial charge is 0.239 e. The number of pyridine rings is 1. The maximum absolute atomic E-state index is 12.4. The van der Waals surface area contributed by atoms with Gasteiger partial charge in [-0.15, -0.1) is 0 Å². The molecule has 32 heavy (non-hydrogen) atoms. The van der Waals surface area contributed by atoms with E-state index < -0.39 is 0 Å². The normalized spacial score (nSPS) is 22.5. The zero-order valence-electron chi connectivity index (χ0n) is 19.9. The van der Waals surface area contributed by atoms with Gasteiger partial charge in [0.1, 0.15) is 5.82 Å². The summed E-state index contributed by atoms with van der Waals surface area (Å²) in [6, 6.07) is 14.6. The van der Waals surface area contributed by atoms with Crippen LogP contribution in [0.15, 0.2) is 48.7 Å². The number of aromatic nitrogens is 1. The van der Waals surface area contributed by atoms with Gasteiger partial charge in [0.2, 0.25) is 5.91 Å². The van der Waals surface area contributed by atoms with Crippen LogP contribution in [0, 0.1) is 11.3 Å². The molecule has 5 nitrogen and oxygen atoms in total. The van der Waals surface area contributed by atoms with Gasteiger partial charge < -0.3 is 10.2 Å². The molecule has 0 bridgehead atoms. The molecule has 1 aromatic heterocycles. The fourth-order valence-electron chi connectivity index (χ4n) is 5.36. The maximum Gasteiger partial charge on any atom is 0.239 e. The molecule has 0 radical (unpaired) electrons. The number of rotatable bonds is 5. The first kappa shape index (κ1) is 22.8. The van der Waals surface area contributed by atoms with Crippen LogP contribution in [-0.2, 0) is 4.79 Å². The van der Waals surface area contributed by atoms with Crippen molar-refractivity contribution in [3.05, 3.63) is 54.2 Å². The van der Waals surface area contributed by atoms with Crippen LogP contribution in [0.4, 0.5) is 11.5 Å². The molecule has 1 saturated carbocycles. The van der Waals surface area contributed by atoms with Gasteiger partial charge >= 0.3 is 0 Å². The van der Waals surface area contributed by atoms with Gasteiger partial charge in [-0.2, -0.15) is 0 Å². The first-order chi connectivity index (χ1) is 15.4. The number of hydrogen-bond donors (Lipinski definition) is 1. The van der Waals surface area contributed by atoms with Gasteiger partial charge in [0.25, 0.3) is 0 Å². The van der Waals surface area contributed by atoms with E-state index in [1.54, 1.807) is 6.20 Å². The summed E-state index contributed by atoms with van der Waals surface area (Å²) in [6.07, 6.45) is 6.96. The number of piperazine rings is 1. The van der Waals surface area contributed by atoms with Crippen LogP contribution in [0.25, 0.3) is 0 Å². The summed E-state index contributed by atoms with van der Waals surface area (Å²) in [5.41, 5.74) is 3.36. The summed E-state index contributed by atoms with van der Waals surface area (Å²) in [7, 11) is 0. The Bertz CT molecular complexity index is 876. The van der Waals surface area contributed by atoms with Gasteiger partial charge in [0.15, 0.2) is 0 Å². The molecular weight excluding hydrogens is 396 g/mol. The number of amides is 1. The van der Waals surface area contributed by atoms with E-state index in [2.05, 4.69) is 65.1 Å². The number of nitrogens with zero attached hydrogens (tertiary/aromatic N) is 3. The molecule has 2 aromatic rings. The van der Waals surface area contributed by atoms with E-state index in [0.29, 0.717) is 23.7 Å². The molecule has 1 amide bonds. The zero-order chi connectivity index (χ0) is 22.6. The summed E-state index contributed by atoms with van der Waals surface area (Å²) >= 11 is 0. The molecule has 0 atom stereocenters. The number of para-hydroxylation sites is 1. The van der Waals surface area contributed by atoms with Crippen molar-refractivity contribution >= 4 is 17.4 Å². The van der Waals surface area contributed by atoms with E-state index in [9.17, 15) is 4.79 Å². The minimum atomic E-state index is 0.00755. The second-order valence-electron chi connectivity index (χ2n) is 10.5. The third-order valence-electron chi connectivity index (χ3n) is 7.34. The number of nitrogens with one attached hydrogen (secondary N) is 1. The molecule has 2 fully saturated rings. The van der Waals surface area contributed by atoms with Gasteiger partial charge in [-0.1, -0.05) is 45.0 Å². The first-order valence-electron chi connectivity index (χ1n) is 12.2. The fraction of sp³-hybridized carbons (Fsp3) is 0.556. The van der Waals surface area contributed by atoms with Crippen molar-refractivity contribution in [2.24, 2.45) is 11.3 Å². The third kappa shape index (κ3) is 5.69. The first-order valence-corrected chi connectivity index (χ1v) is 12.2. The number of anilines is 2. The second kappa shape index (κ2) is 10.0. The Morgan fingerprint density at radius 2 is 1.66 bits per heavy atom. The van der Waals surface area contributed by atoms with Crippen LogP contribution < -0.4 is 10.2 Å². The predicted molar refractivity (Wildman–Crippen MR) is 132 cm³/mol. The Morgan fingerprint density at radius 3 is 2.31 bits per heavy atom. The Morgan fingerprint density at radius 1 is 0.969 bits per heavy atom. The van der Waals surface area contributed by atoms with Gasteiger partial charge in [0, 0.05) is 38.1 Å². The highest BCUT2D eigenvalue weighted by Gasteiger charge is 2.31. The van der Waals surface area contributed by atoms with Crippen molar-refractivity contribution in [1.29, 1.82) is 0 Å². The molecule has 1 aliphatic heterocycles. The van der Waals surface area contributed by atoms with E-state index >= 15 is 0 Å². The number of hydrogen-bond acceptors (Lipinski definition) is 4. The Balaban J connectivity index is 1.32. The lowest BCUT2D eigenvalue weighted by molar-refractivity contribution is -0.117. The van der Waals surface area contributed by atoms with E-state index in [0.717, 1.165) is 32.1 Å². The molecule has 0 spiro atoms. The van der Waals surface area contributed by atoms with Gasteiger partial charge in [-0.3, -0.25) is 9.69 Å². The van der Waals surface area contributed by atoms with Gasteiger partial charge in [0.05, 0.1) is 6.54 Å². The SMILES string of the molecule is CC(C)(C)C1CCC(c2ccccc2N2CCN(CC(=O)Nc3ccccn3)CC2)CC1. The van der Waals surface area contributed by atoms with Crippen molar-refractivity contribution in [3.8, 4) is 0 Å². The van der Waals surface area contributed by atoms with E-state index in [1.807, 2.05) is 18.2 Å².